The maximum Gasteiger partial charge on any atom is 0.105 e. The zero-order chi connectivity index (χ0) is 25.9. The Balaban J connectivity index is 1.56. The molecule has 0 saturated heterocycles. The fourth-order valence-corrected chi connectivity index (χ4v) is 5.48. The third kappa shape index (κ3) is 12.0. The minimum absolute atomic E-state index is 1.08. The average molecular weight is 497 g/mol. The van der Waals surface area contributed by atoms with Gasteiger partial charge in [-0.25, -0.2) is 0 Å². The van der Waals surface area contributed by atoms with E-state index in [1.165, 1.54) is 93.9 Å². The van der Waals surface area contributed by atoms with E-state index < -0.39 is 0 Å². The van der Waals surface area contributed by atoms with E-state index in [9.17, 15) is 0 Å². The smallest absolute Gasteiger partial charge is 0.105 e. The Kier molecular flexibility index (Phi) is 13.9. The molecule has 0 heterocycles. The minimum atomic E-state index is 1.08. The van der Waals surface area contributed by atoms with Crippen LogP contribution in [0.25, 0.3) is 0 Å². The lowest BCUT2D eigenvalue weighted by atomic mass is 10.0. The predicted molar refractivity (Wildman–Crippen MR) is 161 cm³/mol. The number of benzene rings is 3. The summed E-state index contributed by atoms with van der Waals surface area (Å²) in [6, 6.07) is 33.4. The third-order valence-electron chi connectivity index (χ3n) is 7.48. The molecule has 0 amide bonds. The summed E-state index contributed by atoms with van der Waals surface area (Å²) in [5.74, 6) is 0. The SMILES string of the molecule is CCCCCCC/C=C/CCCCCC[N+](Cc1ccccc1)(Cc1ccccc1)Cc1ccccc1. The van der Waals surface area contributed by atoms with Crippen molar-refractivity contribution in [3.8, 4) is 0 Å². The van der Waals surface area contributed by atoms with E-state index >= 15 is 0 Å². The lowest BCUT2D eigenvalue weighted by Crippen LogP contribution is -2.46. The first-order chi connectivity index (χ1) is 18.3. The van der Waals surface area contributed by atoms with Gasteiger partial charge in [-0.05, 0) is 38.5 Å². The molecule has 0 N–H and O–H groups in total. The number of hydrogen-bond acceptors (Lipinski definition) is 0. The van der Waals surface area contributed by atoms with Gasteiger partial charge in [-0.15, -0.1) is 0 Å². The van der Waals surface area contributed by atoms with Crippen LogP contribution in [-0.4, -0.2) is 11.0 Å². The van der Waals surface area contributed by atoms with Gasteiger partial charge >= 0.3 is 0 Å². The molecule has 37 heavy (non-hydrogen) atoms. The van der Waals surface area contributed by atoms with Crippen LogP contribution in [0.5, 0.6) is 0 Å². The van der Waals surface area contributed by atoms with Gasteiger partial charge in [-0.2, -0.15) is 0 Å². The largest absolute Gasteiger partial charge is 0.312 e. The fraction of sp³-hybridized carbons (Fsp3) is 0.444. The summed E-state index contributed by atoms with van der Waals surface area (Å²) >= 11 is 0. The van der Waals surface area contributed by atoms with E-state index in [0.717, 1.165) is 24.1 Å². The maximum atomic E-state index is 2.43. The van der Waals surface area contributed by atoms with Gasteiger partial charge in [0.05, 0.1) is 6.54 Å². The molecule has 198 valence electrons. The molecule has 0 spiro atoms. The van der Waals surface area contributed by atoms with Crippen molar-refractivity contribution >= 4 is 0 Å². The van der Waals surface area contributed by atoms with Gasteiger partial charge in [0.1, 0.15) is 19.6 Å². The summed E-state index contributed by atoms with van der Waals surface area (Å²) in [6.07, 6.45) is 19.5. The van der Waals surface area contributed by atoms with Gasteiger partial charge in [0, 0.05) is 16.7 Å². The molecule has 1 nitrogen and oxygen atoms in total. The summed E-state index contributed by atoms with van der Waals surface area (Å²) in [4.78, 5) is 0. The minimum Gasteiger partial charge on any atom is -0.312 e. The van der Waals surface area contributed by atoms with Crippen molar-refractivity contribution in [2.24, 2.45) is 0 Å². The molecule has 0 bridgehead atoms. The Bertz CT molecular complexity index is 860. The Hall–Kier alpha value is -2.64. The molecule has 0 aliphatic carbocycles. The first-order valence-electron chi connectivity index (χ1n) is 14.9. The topological polar surface area (TPSA) is 0 Å². The average Bonchev–Trinajstić information content (AvgIpc) is 2.93. The Morgan fingerprint density at radius 1 is 0.459 bits per heavy atom. The second-order valence-corrected chi connectivity index (χ2v) is 10.9. The number of hydrogen-bond donors (Lipinski definition) is 0. The molecule has 0 atom stereocenters. The highest BCUT2D eigenvalue weighted by molar-refractivity contribution is 5.17. The van der Waals surface area contributed by atoms with Crippen molar-refractivity contribution < 1.29 is 4.48 Å². The first kappa shape index (κ1) is 28.9. The molecule has 3 rings (SSSR count). The number of rotatable bonds is 19. The van der Waals surface area contributed by atoms with E-state index in [2.05, 4.69) is 110 Å². The van der Waals surface area contributed by atoms with E-state index in [4.69, 9.17) is 0 Å². The molecule has 0 aromatic heterocycles. The summed E-state index contributed by atoms with van der Waals surface area (Å²) in [6.45, 7) is 6.73. The monoisotopic (exact) mass is 496 g/mol. The van der Waals surface area contributed by atoms with Crippen LogP contribution in [0.3, 0.4) is 0 Å². The van der Waals surface area contributed by atoms with Crippen molar-refractivity contribution in [1.82, 2.24) is 0 Å². The number of unbranched alkanes of at least 4 members (excludes halogenated alkanes) is 9. The Labute approximate surface area is 227 Å². The molecular weight excluding hydrogens is 446 g/mol. The van der Waals surface area contributed by atoms with E-state index in [-0.39, 0.29) is 0 Å². The van der Waals surface area contributed by atoms with Crippen LogP contribution < -0.4 is 0 Å². The van der Waals surface area contributed by atoms with Crippen LogP contribution in [-0.2, 0) is 19.6 Å². The quantitative estimate of drug-likeness (QED) is 0.0879. The summed E-state index contributed by atoms with van der Waals surface area (Å²) in [7, 11) is 0. The Morgan fingerprint density at radius 3 is 1.24 bits per heavy atom. The van der Waals surface area contributed by atoms with Crippen LogP contribution in [0, 0.1) is 0 Å². The Morgan fingerprint density at radius 2 is 0.838 bits per heavy atom. The summed E-state index contributed by atoms with van der Waals surface area (Å²) < 4.78 is 1.08. The predicted octanol–water partition coefficient (Wildman–Crippen LogP) is 10.3. The molecule has 1 heteroatoms. The summed E-state index contributed by atoms with van der Waals surface area (Å²) in [5, 5.41) is 0. The molecule has 0 radical (unpaired) electrons. The van der Waals surface area contributed by atoms with Crippen molar-refractivity contribution in [2.75, 3.05) is 6.54 Å². The van der Waals surface area contributed by atoms with Gasteiger partial charge < -0.3 is 4.48 Å². The highest BCUT2D eigenvalue weighted by Gasteiger charge is 2.28. The molecule has 0 aliphatic rings. The lowest BCUT2D eigenvalue weighted by molar-refractivity contribution is -0.966. The van der Waals surface area contributed by atoms with Crippen molar-refractivity contribution in [3.63, 3.8) is 0 Å². The van der Waals surface area contributed by atoms with Gasteiger partial charge in [-0.1, -0.05) is 142 Å². The van der Waals surface area contributed by atoms with Gasteiger partial charge in [0.25, 0.3) is 0 Å². The van der Waals surface area contributed by atoms with E-state index in [0.29, 0.717) is 0 Å². The fourth-order valence-electron chi connectivity index (χ4n) is 5.48. The van der Waals surface area contributed by atoms with Crippen LogP contribution in [0.15, 0.2) is 103 Å². The van der Waals surface area contributed by atoms with E-state index in [1.54, 1.807) is 0 Å². The zero-order valence-electron chi connectivity index (χ0n) is 23.4. The molecule has 3 aromatic carbocycles. The first-order valence-corrected chi connectivity index (χ1v) is 14.9. The molecule has 0 aliphatic heterocycles. The lowest BCUT2D eigenvalue weighted by Gasteiger charge is -2.39. The molecule has 0 saturated carbocycles. The molecular formula is C36H50N+. The number of quaternary nitrogens is 1. The van der Waals surface area contributed by atoms with Crippen molar-refractivity contribution in [3.05, 3.63) is 120 Å². The normalized spacial score (nSPS) is 11.8. The standard InChI is InChI=1S/C36H50N/c1-2-3-4-5-6-7-8-9-10-11-12-13-23-30-37(31-34-24-17-14-18-25-34,32-35-26-19-15-20-27-35)33-36-28-21-16-22-29-36/h8-9,14-22,24-29H,2-7,10-13,23,30-33H2,1H3/q+1/b9-8+. The van der Waals surface area contributed by atoms with Crippen LogP contribution in [0.2, 0.25) is 0 Å². The van der Waals surface area contributed by atoms with Crippen LogP contribution in [0.4, 0.5) is 0 Å². The second kappa shape index (κ2) is 17.8. The molecule has 3 aromatic rings. The summed E-state index contributed by atoms with van der Waals surface area (Å²) in [5.41, 5.74) is 4.32. The highest BCUT2D eigenvalue weighted by atomic mass is 15.3. The van der Waals surface area contributed by atoms with Gasteiger partial charge in [0.15, 0.2) is 0 Å². The van der Waals surface area contributed by atoms with Crippen LogP contribution in [0.1, 0.15) is 94.2 Å². The second-order valence-electron chi connectivity index (χ2n) is 10.9. The van der Waals surface area contributed by atoms with Crippen molar-refractivity contribution in [1.29, 1.82) is 0 Å². The number of allylic oxidation sites excluding steroid dienone is 2. The molecule has 0 unspecified atom stereocenters. The highest BCUT2D eigenvalue weighted by Crippen LogP contribution is 2.26. The van der Waals surface area contributed by atoms with E-state index in [1.807, 2.05) is 0 Å². The van der Waals surface area contributed by atoms with Crippen molar-refractivity contribution in [2.45, 2.75) is 97.2 Å². The maximum absolute atomic E-state index is 2.43. The van der Waals surface area contributed by atoms with Gasteiger partial charge in [0.2, 0.25) is 0 Å². The number of nitrogens with zero attached hydrogens (tertiary/aromatic N) is 1. The van der Waals surface area contributed by atoms with Crippen LogP contribution >= 0.6 is 0 Å². The molecule has 0 fully saturated rings. The zero-order valence-corrected chi connectivity index (χ0v) is 23.4. The van der Waals surface area contributed by atoms with Gasteiger partial charge in [-0.3, -0.25) is 0 Å². The third-order valence-corrected chi connectivity index (χ3v) is 7.48.